The Kier molecular flexibility index (Phi) is 4.27. The van der Waals surface area contributed by atoms with Crippen LogP contribution in [-0.4, -0.2) is 21.0 Å². The smallest absolute Gasteiger partial charge is 0.287 e. The van der Waals surface area contributed by atoms with Crippen LogP contribution in [0.3, 0.4) is 0 Å². The van der Waals surface area contributed by atoms with Gasteiger partial charge in [0.05, 0.1) is 0 Å². The molecule has 0 aliphatic carbocycles. The van der Waals surface area contributed by atoms with Crippen molar-refractivity contribution >= 4 is 44.6 Å². The van der Waals surface area contributed by atoms with E-state index in [-0.39, 0.29) is 10.4 Å². The topological polar surface area (TPSA) is 51.1 Å². The number of hydrogen-bond donors (Lipinski definition) is 1. The van der Waals surface area contributed by atoms with E-state index in [1.54, 1.807) is 0 Å². The second kappa shape index (κ2) is 6.58. The van der Waals surface area contributed by atoms with Crippen LogP contribution < -0.4 is 5.32 Å². The average molecular weight is 371 g/mol. The molecule has 1 aliphatic heterocycles. The molecule has 3 aromatic rings. The van der Waals surface area contributed by atoms with Crippen LogP contribution in [0, 0.1) is 0 Å². The molecule has 0 spiro atoms. The highest BCUT2D eigenvalue weighted by Gasteiger charge is 2.31. The number of para-hydroxylation sites is 1. The van der Waals surface area contributed by atoms with Crippen molar-refractivity contribution in [3.8, 4) is 0 Å². The standard InChI is InChI=1S/C19H15ClN2O2S/c20-14-7-5-12(6-8-14)10-22-11-13(15-3-1-2-4-17(15)22)9-16-18(23)25-19(24)21-16/h1-8,11,16H,9-10H2,(H,21,24). The number of hydrogen-bond acceptors (Lipinski definition) is 3. The summed E-state index contributed by atoms with van der Waals surface area (Å²) in [6, 6.07) is 15.4. The number of nitrogens with one attached hydrogen (secondary N) is 1. The summed E-state index contributed by atoms with van der Waals surface area (Å²) in [5.41, 5.74) is 3.32. The van der Waals surface area contributed by atoms with Gasteiger partial charge in [-0.2, -0.15) is 0 Å². The molecule has 1 aromatic heterocycles. The third-order valence-corrected chi connectivity index (χ3v) is 5.37. The van der Waals surface area contributed by atoms with Crippen molar-refractivity contribution in [2.45, 2.75) is 19.0 Å². The van der Waals surface area contributed by atoms with Crippen LogP contribution in [0.25, 0.3) is 10.9 Å². The van der Waals surface area contributed by atoms with Crippen molar-refractivity contribution in [2.24, 2.45) is 0 Å². The highest BCUT2D eigenvalue weighted by molar-refractivity contribution is 8.26. The lowest BCUT2D eigenvalue weighted by atomic mass is 10.1. The Labute approximate surface area is 154 Å². The van der Waals surface area contributed by atoms with E-state index in [1.165, 1.54) is 0 Å². The van der Waals surface area contributed by atoms with Crippen LogP contribution in [0.2, 0.25) is 5.02 Å². The van der Waals surface area contributed by atoms with Crippen LogP contribution >= 0.6 is 23.4 Å². The number of amides is 1. The number of carbonyl (C=O) groups is 2. The van der Waals surface area contributed by atoms with Crippen molar-refractivity contribution < 1.29 is 9.59 Å². The van der Waals surface area contributed by atoms with Gasteiger partial charge in [-0.1, -0.05) is 41.9 Å². The van der Waals surface area contributed by atoms with E-state index in [1.807, 2.05) is 36.4 Å². The van der Waals surface area contributed by atoms with Gasteiger partial charge in [-0.15, -0.1) is 0 Å². The molecule has 4 rings (SSSR count). The van der Waals surface area contributed by atoms with E-state index in [9.17, 15) is 9.59 Å². The Morgan fingerprint density at radius 3 is 2.56 bits per heavy atom. The van der Waals surface area contributed by atoms with Gasteiger partial charge in [-0.3, -0.25) is 9.59 Å². The molecule has 2 aromatic carbocycles. The van der Waals surface area contributed by atoms with Crippen molar-refractivity contribution in [1.82, 2.24) is 9.88 Å². The maximum absolute atomic E-state index is 11.9. The highest BCUT2D eigenvalue weighted by Crippen LogP contribution is 2.26. The number of thioether (sulfide) groups is 1. The van der Waals surface area contributed by atoms with Gasteiger partial charge in [-0.25, -0.2) is 0 Å². The molecule has 25 heavy (non-hydrogen) atoms. The Hall–Kier alpha value is -2.24. The van der Waals surface area contributed by atoms with Crippen LogP contribution in [0.15, 0.2) is 54.7 Å². The van der Waals surface area contributed by atoms with Crippen LogP contribution in [0.4, 0.5) is 4.79 Å². The number of halogens is 1. The first-order valence-corrected chi connectivity index (χ1v) is 9.13. The normalized spacial score (nSPS) is 17.2. The largest absolute Gasteiger partial charge is 0.343 e. The van der Waals surface area contributed by atoms with Gasteiger partial charge in [0, 0.05) is 46.8 Å². The lowest BCUT2D eigenvalue weighted by Crippen LogP contribution is -2.30. The van der Waals surface area contributed by atoms with Gasteiger partial charge in [0.25, 0.3) is 5.24 Å². The average Bonchev–Trinajstić information content (AvgIpc) is 3.10. The Morgan fingerprint density at radius 1 is 1.08 bits per heavy atom. The molecule has 1 unspecified atom stereocenters. The predicted molar refractivity (Wildman–Crippen MR) is 101 cm³/mol. The molecule has 2 heterocycles. The summed E-state index contributed by atoms with van der Waals surface area (Å²) < 4.78 is 2.17. The van der Waals surface area contributed by atoms with E-state index in [4.69, 9.17) is 11.6 Å². The SMILES string of the molecule is O=C1NC(Cc2cn(Cc3ccc(Cl)cc3)c3ccccc23)C(=O)S1. The summed E-state index contributed by atoms with van der Waals surface area (Å²) in [7, 11) is 0. The summed E-state index contributed by atoms with van der Waals surface area (Å²) in [6.45, 7) is 0.720. The second-order valence-electron chi connectivity index (χ2n) is 6.04. The van der Waals surface area contributed by atoms with Crippen molar-refractivity contribution in [3.05, 3.63) is 70.9 Å². The molecule has 1 aliphatic rings. The van der Waals surface area contributed by atoms with Gasteiger partial charge in [-0.05, 0) is 29.3 Å². The van der Waals surface area contributed by atoms with Crippen molar-refractivity contribution in [2.75, 3.05) is 0 Å². The van der Waals surface area contributed by atoms with Gasteiger partial charge < -0.3 is 9.88 Å². The molecule has 126 valence electrons. The number of aromatic nitrogens is 1. The highest BCUT2D eigenvalue weighted by atomic mass is 35.5. The Bertz CT molecular complexity index is 965. The van der Waals surface area contributed by atoms with Crippen LogP contribution in [0.1, 0.15) is 11.1 Å². The minimum atomic E-state index is -0.452. The number of benzene rings is 2. The molecule has 1 saturated heterocycles. The summed E-state index contributed by atoms with van der Waals surface area (Å²) in [6.07, 6.45) is 2.58. The summed E-state index contributed by atoms with van der Waals surface area (Å²) in [5.74, 6) is 0. The molecule has 1 N–H and O–H groups in total. The first kappa shape index (κ1) is 16.2. The molecule has 0 saturated carbocycles. The van der Waals surface area contributed by atoms with Crippen molar-refractivity contribution in [1.29, 1.82) is 0 Å². The summed E-state index contributed by atoms with van der Waals surface area (Å²) >= 11 is 6.71. The molecular weight excluding hydrogens is 356 g/mol. The molecule has 1 fully saturated rings. The quantitative estimate of drug-likeness (QED) is 0.747. The molecule has 1 atom stereocenters. The minimum absolute atomic E-state index is 0.112. The minimum Gasteiger partial charge on any atom is -0.343 e. The third kappa shape index (κ3) is 3.30. The maximum atomic E-state index is 11.9. The number of nitrogens with zero attached hydrogens (tertiary/aromatic N) is 1. The van der Waals surface area contributed by atoms with Gasteiger partial charge in [0.2, 0.25) is 5.12 Å². The fourth-order valence-corrected chi connectivity index (χ4v) is 3.94. The molecule has 4 nitrogen and oxygen atoms in total. The Balaban J connectivity index is 1.67. The lowest BCUT2D eigenvalue weighted by Gasteiger charge is -2.06. The second-order valence-corrected chi connectivity index (χ2v) is 7.45. The van der Waals surface area contributed by atoms with E-state index in [0.717, 1.165) is 45.4 Å². The van der Waals surface area contributed by atoms with Gasteiger partial charge in [0.1, 0.15) is 6.04 Å². The number of fused-ring (bicyclic) bond motifs is 1. The predicted octanol–water partition coefficient (Wildman–Crippen LogP) is 4.24. The maximum Gasteiger partial charge on any atom is 0.287 e. The molecular formula is C19H15ClN2O2S. The molecule has 0 radical (unpaired) electrons. The molecule has 6 heteroatoms. The monoisotopic (exact) mass is 370 g/mol. The zero-order valence-corrected chi connectivity index (χ0v) is 14.8. The number of carbonyl (C=O) groups excluding carboxylic acids is 2. The fraction of sp³-hybridized carbons (Fsp3) is 0.158. The fourth-order valence-electron chi connectivity index (χ4n) is 3.15. The zero-order valence-electron chi connectivity index (χ0n) is 13.2. The zero-order chi connectivity index (χ0) is 17.4. The van der Waals surface area contributed by atoms with Crippen molar-refractivity contribution in [3.63, 3.8) is 0 Å². The van der Waals surface area contributed by atoms with E-state index >= 15 is 0 Å². The van der Waals surface area contributed by atoms with Crippen LogP contribution in [-0.2, 0) is 17.8 Å². The van der Waals surface area contributed by atoms with Gasteiger partial charge in [0.15, 0.2) is 0 Å². The Morgan fingerprint density at radius 2 is 1.84 bits per heavy atom. The van der Waals surface area contributed by atoms with Gasteiger partial charge >= 0.3 is 0 Å². The van der Waals surface area contributed by atoms with Crippen LogP contribution in [0.5, 0.6) is 0 Å². The lowest BCUT2D eigenvalue weighted by molar-refractivity contribution is -0.112. The molecule has 1 amide bonds. The van der Waals surface area contributed by atoms with E-state index in [2.05, 4.69) is 28.2 Å². The third-order valence-electron chi connectivity index (χ3n) is 4.33. The first-order valence-electron chi connectivity index (χ1n) is 7.93. The summed E-state index contributed by atoms with van der Waals surface area (Å²) in [4.78, 5) is 23.3. The summed E-state index contributed by atoms with van der Waals surface area (Å²) in [5, 5.41) is 4.18. The van der Waals surface area contributed by atoms with E-state index in [0.29, 0.717) is 6.42 Å². The van der Waals surface area contributed by atoms with E-state index < -0.39 is 6.04 Å². The first-order chi connectivity index (χ1) is 12.1. The number of rotatable bonds is 4. The molecule has 0 bridgehead atoms.